The highest BCUT2D eigenvalue weighted by atomic mass is 32.2. The van der Waals surface area contributed by atoms with Gasteiger partial charge in [0.05, 0.1) is 23.7 Å². The molecule has 0 spiro atoms. The smallest absolute Gasteiger partial charge is 0.379 e. The number of rotatable bonds is 4. The van der Waals surface area contributed by atoms with Crippen LogP contribution in [0.4, 0.5) is 17.6 Å². The van der Waals surface area contributed by atoms with Crippen LogP contribution >= 0.6 is 0 Å². The molecule has 2 aromatic rings. The molecule has 1 unspecified atom stereocenters. The zero-order chi connectivity index (χ0) is 24.0. The molecule has 0 bridgehead atoms. The molecule has 1 fully saturated rings. The molecular formula is C19H20F4N6O3S. The molecule has 14 heteroatoms. The van der Waals surface area contributed by atoms with Crippen molar-refractivity contribution in [1.82, 2.24) is 15.2 Å². The van der Waals surface area contributed by atoms with Crippen LogP contribution in [-0.4, -0.2) is 45.0 Å². The number of hydrogen-bond donors (Lipinski definition) is 4. The summed E-state index contributed by atoms with van der Waals surface area (Å²) >= 11 is 0. The van der Waals surface area contributed by atoms with Gasteiger partial charge in [-0.3, -0.25) is 11.2 Å². The Labute approximate surface area is 186 Å². The minimum absolute atomic E-state index is 0.120. The second-order valence-corrected chi connectivity index (χ2v) is 9.37. The second kappa shape index (κ2) is 8.22. The minimum Gasteiger partial charge on any atom is -0.379 e. The summed E-state index contributed by atoms with van der Waals surface area (Å²) in [6, 6.07) is 6.04. The zero-order valence-corrected chi connectivity index (χ0v) is 17.8. The van der Waals surface area contributed by atoms with Crippen LogP contribution in [0.25, 0.3) is 11.1 Å². The van der Waals surface area contributed by atoms with E-state index in [-0.39, 0.29) is 48.3 Å². The predicted octanol–water partition coefficient (Wildman–Crippen LogP) is 1.02. The highest BCUT2D eigenvalue weighted by Gasteiger charge is 2.40. The van der Waals surface area contributed by atoms with Crippen molar-refractivity contribution in [3.8, 4) is 11.1 Å². The first-order valence-electron chi connectivity index (χ1n) is 9.69. The van der Waals surface area contributed by atoms with Crippen LogP contribution in [0.15, 0.2) is 46.3 Å². The van der Waals surface area contributed by atoms with E-state index < -0.39 is 38.9 Å². The number of hydrazine groups is 1. The molecule has 178 valence electrons. The number of alkyl halides is 3. The van der Waals surface area contributed by atoms with Gasteiger partial charge in [-0.25, -0.2) is 17.8 Å². The lowest BCUT2D eigenvalue weighted by atomic mass is 9.94. The van der Waals surface area contributed by atoms with Gasteiger partial charge in [-0.2, -0.15) is 22.9 Å². The Bertz CT molecular complexity index is 1200. The molecule has 33 heavy (non-hydrogen) atoms. The number of nitrogens with zero attached hydrogens (tertiary/aromatic N) is 2. The Hall–Kier alpha value is -2.78. The van der Waals surface area contributed by atoms with E-state index in [9.17, 15) is 21.6 Å². The Kier molecular flexibility index (Phi) is 5.82. The lowest BCUT2D eigenvalue weighted by molar-refractivity contribution is -0.137. The molecule has 2 aromatic carbocycles. The van der Waals surface area contributed by atoms with Gasteiger partial charge in [0.2, 0.25) is 21.8 Å². The molecule has 1 saturated heterocycles. The number of nitrogens with two attached hydrogens (primary N) is 2. The van der Waals surface area contributed by atoms with Crippen molar-refractivity contribution in [2.24, 2.45) is 16.5 Å². The van der Waals surface area contributed by atoms with E-state index in [2.05, 4.69) is 15.8 Å². The number of aliphatic imine (C=N–C) groups is 1. The Balaban J connectivity index is 1.76. The number of ether oxygens (including phenoxy) is 1. The molecule has 6 N–H and O–H groups in total. The Morgan fingerprint density at radius 1 is 1.12 bits per heavy atom. The molecule has 0 aromatic heterocycles. The SMILES string of the molecule is NC1=NC(N)(c2cc(F)c(-c3ccc(S(=O)(=O)N4CCOCC4)cc3)c(C(F)(F)F)c2)NN1. The summed E-state index contributed by atoms with van der Waals surface area (Å²) in [7, 11) is -3.86. The maximum absolute atomic E-state index is 15.0. The number of benzene rings is 2. The minimum atomic E-state index is -4.94. The standard InChI is InChI=1S/C19H20F4N6O3S/c20-15-10-12(19(25)26-17(24)27-28-19)9-14(18(21,22)23)16(15)11-1-3-13(4-2-11)33(30,31)29-5-7-32-8-6-29/h1-4,9-10,28H,5-8,25H2,(H3,24,26,27). The molecule has 2 heterocycles. The molecule has 2 aliphatic heterocycles. The van der Waals surface area contributed by atoms with Crippen molar-refractivity contribution in [1.29, 1.82) is 0 Å². The van der Waals surface area contributed by atoms with Crippen molar-refractivity contribution >= 4 is 16.0 Å². The van der Waals surface area contributed by atoms with E-state index in [0.29, 0.717) is 6.07 Å². The number of halogens is 4. The third-order valence-electron chi connectivity index (χ3n) is 5.26. The van der Waals surface area contributed by atoms with Crippen molar-refractivity contribution < 1.29 is 30.7 Å². The topological polar surface area (TPSA) is 135 Å². The van der Waals surface area contributed by atoms with Crippen molar-refractivity contribution in [3.05, 3.63) is 53.3 Å². The van der Waals surface area contributed by atoms with Crippen LogP contribution < -0.4 is 22.3 Å². The fourth-order valence-electron chi connectivity index (χ4n) is 3.62. The van der Waals surface area contributed by atoms with Crippen LogP contribution in [0, 0.1) is 5.82 Å². The number of morpholine rings is 1. The summed E-state index contributed by atoms with van der Waals surface area (Å²) < 4.78 is 88.5. The number of hydrogen-bond acceptors (Lipinski definition) is 8. The van der Waals surface area contributed by atoms with Crippen molar-refractivity contribution in [3.63, 3.8) is 0 Å². The highest BCUT2D eigenvalue weighted by molar-refractivity contribution is 7.89. The number of guanidine groups is 1. The molecule has 0 aliphatic carbocycles. The molecule has 9 nitrogen and oxygen atoms in total. The molecule has 0 saturated carbocycles. The maximum Gasteiger partial charge on any atom is 0.417 e. The quantitative estimate of drug-likeness (QED) is 0.472. The third-order valence-corrected chi connectivity index (χ3v) is 7.18. The van der Waals surface area contributed by atoms with E-state index in [1.54, 1.807) is 0 Å². The van der Waals surface area contributed by atoms with E-state index in [1.165, 1.54) is 4.31 Å². The molecule has 1 atom stereocenters. The summed E-state index contributed by atoms with van der Waals surface area (Å²) in [6.45, 7) is 0.809. The molecular weight excluding hydrogens is 468 g/mol. The van der Waals surface area contributed by atoms with Crippen LogP contribution in [0.3, 0.4) is 0 Å². The van der Waals surface area contributed by atoms with E-state index in [0.717, 1.165) is 30.3 Å². The van der Waals surface area contributed by atoms with Gasteiger partial charge in [0.1, 0.15) is 5.82 Å². The number of sulfonamides is 1. The summed E-state index contributed by atoms with van der Waals surface area (Å²) in [6.07, 6.45) is -4.94. The van der Waals surface area contributed by atoms with Gasteiger partial charge < -0.3 is 10.5 Å². The van der Waals surface area contributed by atoms with Gasteiger partial charge >= 0.3 is 6.18 Å². The zero-order valence-electron chi connectivity index (χ0n) is 17.0. The van der Waals surface area contributed by atoms with Crippen LogP contribution in [0.2, 0.25) is 0 Å². The lowest BCUT2D eigenvalue weighted by Gasteiger charge is -2.26. The first-order valence-corrected chi connectivity index (χ1v) is 11.1. The van der Waals surface area contributed by atoms with Gasteiger partial charge in [0.15, 0.2) is 0 Å². The van der Waals surface area contributed by atoms with Crippen molar-refractivity contribution in [2.75, 3.05) is 26.3 Å². The largest absolute Gasteiger partial charge is 0.417 e. The van der Waals surface area contributed by atoms with E-state index >= 15 is 4.39 Å². The van der Waals surface area contributed by atoms with Gasteiger partial charge in [-0.1, -0.05) is 12.1 Å². The molecule has 0 amide bonds. The fraction of sp³-hybridized carbons (Fsp3) is 0.316. The van der Waals surface area contributed by atoms with Crippen molar-refractivity contribution in [2.45, 2.75) is 16.9 Å². The third kappa shape index (κ3) is 4.39. The average Bonchev–Trinajstić information content (AvgIpc) is 3.13. The van der Waals surface area contributed by atoms with Crippen LogP contribution in [0.5, 0.6) is 0 Å². The first-order chi connectivity index (χ1) is 15.4. The molecule has 0 radical (unpaired) electrons. The molecule has 4 rings (SSSR count). The van der Waals surface area contributed by atoms with E-state index in [1.807, 2.05) is 0 Å². The highest BCUT2D eigenvalue weighted by Crippen LogP contribution is 2.41. The van der Waals surface area contributed by atoms with Gasteiger partial charge in [0, 0.05) is 24.2 Å². The van der Waals surface area contributed by atoms with Crippen LogP contribution in [0.1, 0.15) is 11.1 Å². The maximum atomic E-state index is 15.0. The van der Waals surface area contributed by atoms with Crippen LogP contribution in [-0.2, 0) is 26.7 Å². The number of nitrogens with one attached hydrogen (secondary N) is 2. The summed E-state index contributed by atoms with van der Waals surface area (Å²) in [5, 5.41) is 0. The van der Waals surface area contributed by atoms with Gasteiger partial charge in [-0.05, 0) is 29.8 Å². The predicted molar refractivity (Wildman–Crippen MR) is 110 cm³/mol. The monoisotopic (exact) mass is 488 g/mol. The summed E-state index contributed by atoms with van der Waals surface area (Å²) in [4.78, 5) is 3.66. The fourth-order valence-corrected chi connectivity index (χ4v) is 5.02. The average molecular weight is 488 g/mol. The normalized spacial score (nSPS) is 22.2. The molecule has 2 aliphatic rings. The van der Waals surface area contributed by atoms with E-state index in [4.69, 9.17) is 16.2 Å². The summed E-state index contributed by atoms with van der Waals surface area (Å²) in [5.74, 6) is -3.29. The Morgan fingerprint density at radius 2 is 1.76 bits per heavy atom. The second-order valence-electron chi connectivity index (χ2n) is 7.43. The summed E-state index contributed by atoms with van der Waals surface area (Å²) in [5.41, 5.74) is 13.6. The Morgan fingerprint density at radius 3 is 2.30 bits per heavy atom. The van der Waals surface area contributed by atoms with Gasteiger partial charge in [-0.15, -0.1) is 0 Å². The lowest BCUT2D eigenvalue weighted by Crippen LogP contribution is -2.50. The van der Waals surface area contributed by atoms with Gasteiger partial charge in [0.25, 0.3) is 0 Å². The first kappa shape index (κ1) is 23.4.